The lowest BCUT2D eigenvalue weighted by Crippen LogP contribution is -1.89. The Balaban J connectivity index is 0.000000980. The molecular formula is C11H10ClNO. The molecule has 0 saturated carbocycles. The minimum Gasteiger partial charge on any atom is -0.398 e. The van der Waals surface area contributed by atoms with Gasteiger partial charge in [0.05, 0.1) is 0 Å². The number of fused-ring (bicyclic) bond motifs is 1. The maximum absolute atomic E-state index is 10.7. The molecule has 0 aliphatic carbocycles. The molecule has 0 saturated heterocycles. The van der Waals surface area contributed by atoms with Crippen LogP contribution >= 0.6 is 12.4 Å². The summed E-state index contributed by atoms with van der Waals surface area (Å²) < 4.78 is 0. The fourth-order valence-electron chi connectivity index (χ4n) is 1.45. The van der Waals surface area contributed by atoms with E-state index >= 15 is 0 Å². The molecule has 2 aromatic carbocycles. The molecule has 0 aliphatic heterocycles. The largest absolute Gasteiger partial charge is 0.398 e. The van der Waals surface area contributed by atoms with Gasteiger partial charge in [-0.3, -0.25) is 4.79 Å². The smallest absolute Gasteiger partial charge is 0.150 e. The van der Waals surface area contributed by atoms with Crippen molar-refractivity contribution in [3.63, 3.8) is 0 Å². The van der Waals surface area contributed by atoms with E-state index in [1.807, 2.05) is 24.3 Å². The van der Waals surface area contributed by atoms with Crippen LogP contribution in [0, 0.1) is 0 Å². The molecule has 14 heavy (non-hydrogen) atoms. The van der Waals surface area contributed by atoms with Gasteiger partial charge in [-0.2, -0.15) is 0 Å². The Bertz CT molecular complexity index is 468. The molecule has 72 valence electrons. The molecular weight excluding hydrogens is 198 g/mol. The summed E-state index contributed by atoms with van der Waals surface area (Å²) in [5.74, 6) is 0. The summed E-state index contributed by atoms with van der Waals surface area (Å²) >= 11 is 0. The van der Waals surface area contributed by atoms with Crippen LogP contribution in [0.5, 0.6) is 0 Å². The SMILES string of the molecule is Cl.Nc1ccc(C=O)c2ccccc12. The third-order valence-electron chi connectivity index (χ3n) is 2.12. The van der Waals surface area contributed by atoms with E-state index in [2.05, 4.69) is 0 Å². The molecule has 0 atom stereocenters. The Kier molecular flexibility index (Phi) is 3.10. The highest BCUT2D eigenvalue weighted by Crippen LogP contribution is 2.22. The number of benzene rings is 2. The minimum atomic E-state index is 0. The van der Waals surface area contributed by atoms with Gasteiger partial charge in [-0.05, 0) is 17.5 Å². The second-order valence-electron chi connectivity index (χ2n) is 2.91. The number of anilines is 1. The molecule has 0 aromatic heterocycles. The molecule has 3 heteroatoms. The fourth-order valence-corrected chi connectivity index (χ4v) is 1.45. The number of halogens is 1. The zero-order chi connectivity index (χ0) is 9.26. The Labute approximate surface area is 88.1 Å². The van der Waals surface area contributed by atoms with Crippen molar-refractivity contribution < 1.29 is 4.79 Å². The van der Waals surface area contributed by atoms with Crippen molar-refractivity contribution >= 4 is 35.2 Å². The van der Waals surface area contributed by atoms with Crippen LogP contribution in [0.1, 0.15) is 10.4 Å². The summed E-state index contributed by atoms with van der Waals surface area (Å²) in [6.07, 6.45) is 0.849. The maximum Gasteiger partial charge on any atom is 0.150 e. The summed E-state index contributed by atoms with van der Waals surface area (Å²) in [5.41, 5.74) is 7.16. The monoisotopic (exact) mass is 207 g/mol. The van der Waals surface area contributed by atoms with E-state index in [4.69, 9.17) is 5.73 Å². The van der Waals surface area contributed by atoms with E-state index in [1.165, 1.54) is 0 Å². The Hall–Kier alpha value is -1.54. The van der Waals surface area contributed by atoms with Crippen molar-refractivity contribution in [1.29, 1.82) is 0 Å². The standard InChI is InChI=1S/C11H9NO.ClH/c12-11-6-5-8(7-13)9-3-1-2-4-10(9)11;/h1-7H,12H2;1H. The predicted molar refractivity (Wildman–Crippen MR) is 61.0 cm³/mol. The molecule has 0 bridgehead atoms. The van der Waals surface area contributed by atoms with E-state index in [-0.39, 0.29) is 12.4 Å². The first kappa shape index (κ1) is 10.5. The van der Waals surface area contributed by atoms with Gasteiger partial charge in [0.25, 0.3) is 0 Å². The van der Waals surface area contributed by atoms with Crippen molar-refractivity contribution in [2.24, 2.45) is 0 Å². The zero-order valence-electron chi connectivity index (χ0n) is 7.44. The number of carbonyl (C=O) groups excluding carboxylic acids is 1. The van der Waals surface area contributed by atoms with Crippen molar-refractivity contribution in [3.05, 3.63) is 42.0 Å². The second-order valence-corrected chi connectivity index (χ2v) is 2.91. The molecule has 2 rings (SSSR count). The van der Waals surface area contributed by atoms with E-state index in [0.717, 1.165) is 17.1 Å². The molecule has 0 fully saturated rings. The normalized spacial score (nSPS) is 9.43. The van der Waals surface area contributed by atoms with Gasteiger partial charge in [-0.15, -0.1) is 12.4 Å². The summed E-state index contributed by atoms with van der Waals surface area (Å²) in [6.45, 7) is 0. The quantitative estimate of drug-likeness (QED) is 0.577. The predicted octanol–water partition coefficient (Wildman–Crippen LogP) is 2.66. The number of nitrogen functional groups attached to an aromatic ring is 1. The fraction of sp³-hybridized carbons (Fsp3) is 0. The Morgan fingerprint density at radius 1 is 1.00 bits per heavy atom. The number of carbonyl (C=O) groups is 1. The van der Waals surface area contributed by atoms with Crippen LogP contribution in [0.4, 0.5) is 5.69 Å². The van der Waals surface area contributed by atoms with Gasteiger partial charge in [0.1, 0.15) is 0 Å². The van der Waals surface area contributed by atoms with Crippen LogP contribution in [0.15, 0.2) is 36.4 Å². The molecule has 2 aromatic rings. The minimum absolute atomic E-state index is 0. The Morgan fingerprint density at radius 2 is 1.64 bits per heavy atom. The maximum atomic E-state index is 10.7. The van der Waals surface area contributed by atoms with Crippen LogP contribution < -0.4 is 5.73 Å². The molecule has 0 unspecified atom stereocenters. The topological polar surface area (TPSA) is 43.1 Å². The first-order valence-electron chi connectivity index (χ1n) is 4.05. The highest BCUT2D eigenvalue weighted by molar-refractivity contribution is 6.03. The molecule has 0 aliphatic rings. The van der Waals surface area contributed by atoms with Crippen LogP contribution in [0.3, 0.4) is 0 Å². The van der Waals surface area contributed by atoms with E-state index < -0.39 is 0 Å². The molecule has 2 N–H and O–H groups in total. The van der Waals surface area contributed by atoms with Crippen molar-refractivity contribution in [3.8, 4) is 0 Å². The van der Waals surface area contributed by atoms with Gasteiger partial charge in [0, 0.05) is 16.6 Å². The van der Waals surface area contributed by atoms with Gasteiger partial charge in [0.2, 0.25) is 0 Å². The van der Waals surface area contributed by atoms with Gasteiger partial charge >= 0.3 is 0 Å². The van der Waals surface area contributed by atoms with Gasteiger partial charge in [-0.25, -0.2) is 0 Å². The van der Waals surface area contributed by atoms with Crippen molar-refractivity contribution in [1.82, 2.24) is 0 Å². The summed E-state index contributed by atoms with van der Waals surface area (Å²) in [5, 5.41) is 1.85. The van der Waals surface area contributed by atoms with Gasteiger partial charge in [0.15, 0.2) is 6.29 Å². The summed E-state index contributed by atoms with van der Waals surface area (Å²) in [4.78, 5) is 10.7. The average molecular weight is 208 g/mol. The highest BCUT2D eigenvalue weighted by Gasteiger charge is 2.01. The number of hydrogen-bond donors (Lipinski definition) is 1. The van der Waals surface area contributed by atoms with Crippen LogP contribution in [-0.4, -0.2) is 6.29 Å². The zero-order valence-corrected chi connectivity index (χ0v) is 8.25. The van der Waals surface area contributed by atoms with E-state index in [1.54, 1.807) is 12.1 Å². The Morgan fingerprint density at radius 3 is 2.29 bits per heavy atom. The second kappa shape index (κ2) is 4.11. The van der Waals surface area contributed by atoms with Crippen LogP contribution in [-0.2, 0) is 0 Å². The average Bonchev–Trinajstić information content (AvgIpc) is 2.19. The summed E-state index contributed by atoms with van der Waals surface area (Å²) in [7, 11) is 0. The first-order valence-corrected chi connectivity index (χ1v) is 4.05. The lowest BCUT2D eigenvalue weighted by molar-refractivity contribution is 0.112. The summed E-state index contributed by atoms with van der Waals surface area (Å²) in [6, 6.07) is 11.1. The van der Waals surface area contributed by atoms with Crippen molar-refractivity contribution in [2.75, 3.05) is 5.73 Å². The third-order valence-corrected chi connectivity index (χ3v) is 2.12. The number of rotatable bonds is 1. The van der Waals surface area contributed by atoms with Gasteiger partial charge < -0.3 is 5.73 Å². The number of hydrogen-bond acceptors (Lipinski definition) is 2. The lowest BCUT2D eigenvalue weighted by Gasteiger charge is -2.02. The van der Waals surface area contributed by atoms with E-state index in [9.17, 15) is 4.79 Å². The van der Waals surface area contributed by atoms with Crippen LogP contribution in [0.25, 0.3) is 10.8 Å². The number of aldehydes is 1. The molecule has 0 spiro atoms. The first-order chi connectivity index (χ1) is 6.33. The third kappa shape index (κ3) is 1.56. The number of nitrogens with two attached hydrogens (primary N) is 1. The van der Waals surface area contributed by atoms with Crippen molar-refractivity contribution in [2.45, 2.75) is 0 Å². The molecule has 0 heterocycles. The lowest BCUT2D eigenvalue weighted by atomic mass is 10.0. The molecule has 0 radical (unpaired) electrons. The highest BCUT2D eigenvalue weighted by atomic mass is 35.5. The molecule has 2 nitrogen and oxygen atoms in total. The van der Waals surface area contributed by atoms with Gasteiger partial charge in [-0.1, -0.05) is 24.3 Å². The van der Waals surface area contributed by atoms with E-state index in [0.29, 0.717) is 11.3 Å². The van der Waals surface area contributed by atoms with Crippen LogP contribution in [0.2, 0.25) is 0 Å². The molecule has 0 amide bonds.